The van der Waals surface area contributed by atoms with Gasteiger partial charge in [0.05, 0.1) is 11.5 Å². The normalized spacial score (nSPS) is 11.8. The summed E-state index contributed by atoms with van der Waals surface area (Å²) >= 11 is 6.53. The Labute approximate surface area is 149 Å². The summed E-state index contributed by atoms with van der Waals surface area (Å²) in [7, 11) is 0. The molecule has 7 heteroatoms. The number of thioether (sulfide) groups is 1. The number of ether oxygens (including phenoxy) is 1. The summed E-state index contributed by atoms with van der Waals surface area (Å²) < 4.78 is 11.3. The fourth-order valence-corrected chi connectivity index (χ4v) is 2.99. The molecule has 3 rings (SSSR count). The van der Waals surface area contributed by atoms with Gasteiger partial charge in [-0.15, -0.1) is 16.9 Å². The highest BCUT2D eigenvalue weighted by molar-refractivity contribution is 7.98. The molecule has 2 aromatic carbocycles. The van der Waals surface area contributed by atoms with Crippen molar-refractivity contribution in [1.29, 1.82) is 0 Å². The Kier molecular flexibility index (Phi) is 5.92. The highest BCUT2D eigenvalue weighted by Crippen LogP contribution is 2.18. The monoisotopic (exact) mass is 359 g/mol. The first-order valence-electron chi connectivity index (χ1n) is 7.45. The largest absolute Gasteiger partial charge is 0.470 e. The lowest BCUT2D eigenvalue weighted by Crippen LogP contribution is -2.29. The quantitative estimate of drug-likeness (QED) is 0.457. The molecule has 0 aliphatic rings. The van der Waals surface area contributed by atoms with E-state index in [1.165, 1.54) is 0 Å². The third-order valence-corrected chi connectivity index (χ3v) is 4.26. The molecule has 0 amide bonds. The molecule has 1 unspecified atom stereocenters. The van der Waals surface area contributed by atoms with E-state index >= 15 is 0 Å². The Morgan fingerprint density at radius 3 is 2.50 bits per heavy atom. The van der Waals surface area contributed by atoms with Crippen LogP contribution in [0.2, 0.25) is 0 Å². The van der Waals surface area contributed by atoms with Crippen LogP contribution in [-0.4, -0.2) is 22.2 Å². The molecular formula is C17H17N3O2S2. The van der Waals surface area contributed by atoms with Crippen molar-refractivity contribution in [2.75, 3.05) is 11.1 Å². The second-order valence-corrected chi connectivity index (χ2v) is 6.35. The zero-order valence-corrected chi connectivity index (χ0v) is 14.5. The Balaban J connectivity index is 1.61. The maximum absolute atomic E-state index is 6.05. The van der Waals surface area contributed by atoms with Gasteiger partial charge in [0.2, 0.25) is 5.89 Å². The minimum atomic E-state index is -0.179. The molecule has 0 radical (unpaired) electrons. The molecule has 0 saturated carbocycles. The summed E-state index contributed by atoms with van der Waals surface area (Å²) in [5.74, 6) is 2.75. The molecule has 0 saturated heterocycles. The molecular weight excluding hydrogens is 342 g/mol. The Morgan fingerprint density at radius 1 is 1.12 bits per heavy atom. The molecule has 2 N–H and O–H groups in total. The Morgan fingerprint density at radius 2 is 1.83 bits per heavy atom. The minimum Gasteiger partial charge on any atom is -0.470 e. The van der Waals surface area contributed by atoms with Crippen molar-refractivity contribution in [3.63, 3.8) is 0 Å². The van der Waals surface area contributed by atoms with Gasteiger partial charge in [0.1, 0.15) is 5.75 Å². The van der Waals surface area contributed by atoms with Crippen LogP contribution in [0.5, 0.6) is 5.75 Å². The van der Waals surface area contributed by atoms with Crippen molar-refractivity contribution in [2.45, 2.75) is 12.0 Å². The number of hydrogen-bond donors (Lipinski definition) is 2. The van der Waals surface area contributed by atoms with Crippen LogP contribution in [0.4, 0.5) is 5.69 Å². The number of nitrogens with zero attached hydrogens (tertiary/aromatic N) is 1. The molecule has 0 aliphatic carbocycles. The van der Waals surface area contributed by atoms with Crippen molar-refractivity contribution in [3.8, 4) is 5.75 Å². The number of benzene rings is 2. The van der Waals surface area contributed by atoms with Gasteiger partial charge in [0, 0.05) is 5.69 Å². The first-order valence-corrected chi connectivity index (χ1v) is 9.01. The second kappa shape index (κ2) is 8.56. The number of aromatic nitrogens is 2. The van der Waals surface area contributed by atoms with Gasteiger partial charge in [-0.25, -0.2) is 5.10 Å². The van der Waals surface area contributed by atoms with Gasteiger partial charge in [-0.2, -0.15) is 0 Å². The summed E-state index contributed by atoms with van der Waals surface area (Å²) in [6, 6.07) is 19.7. The summed E-state index contributed by atoms with van der Waals surface area (Å²) in [5, 5.41) is 10.0. The van der Waals surface area contributed by atoms with E-state index in [1.54, 1.807) is 11.8 Å². The molecule has 0 bridgehead atoms. The fourth-order valence-electron chi connectivity index (χ4n) is 2.06. The van der Waals surface area contributed by atoms with Crippen molar-refractivity contribution in [3.05, 3.63) is 71.4 Å². The van der Waals surface area contributed by atoms with E-state index in [0.29, 0.717) is 16.5 Å². The lowest BCUT2D eigenvalue weighted by Gasteiger charge is -2.21. The van der Waals surface area contributed by atoms with Crippen LogP contribution in [-0.2, 0) is 5.75 Å². The van der Waals surface area contributed by atoms with E-state index in [2.05, 4.69) is 15.5 Å². The van der Waals surface area contributed by atoms with Gasteiger partial charge in [-0.05, 0) is 36.5 Å². The lowest BCUT2D eigenvalue weighted by molar-refractivity contribution is 0.255. The number of hydrogen-bond acceptors (Lipinski definition) is 6. The lowest BCUT2D eigenvalue weighted by atomic mass is 10.3. The van der Waals surface area contributed by atoms with Crippen LogP contribution in [0, 0.1) is 4.84 Å². The predicted molar refractivity (Wildman–Crippen MR) is 98.8 cm³/mol. The van der Waals surface area contributed by atoms with Gasteiger partial charge >= 0.3 is 0 Å². The van der Waals surface area contributed by atoms with Gasteiger partial charge < -0.3 is 14.5 Å². The fraction of sp³-hybridized carbons (Fsp3) is 0.176. The van der Waals surface area contributed by atoms with Crippen LogP contribution in [0.15, 0.2) is 65.1 Å². The summed E-state index contributed by atoms with van der Waals surface area (Å²) in [6.45, 7) is 0. The topological polar surface area (TPSA) is 63.1 Å². The van der Waals surface area contributed by atoms with Crippen LogP contribution in [0.25, 0.3) is 0 Å². The number of para-hydroxylation sites is 2. The number of anilines is 1. The maximum atomic E-state index is 6.05. The van der Waals surface area contributed by atoms with E-state index in [0.717, 1.165) is 17.2 Å². The number of H-pyrrole nitrogens is 1. The van der Waals surface area contributed by atoms with Gasteiger partial charge in [0.15, 0.2) is 6.23 Å². The summed E-state index contributed by atoms with van der Waals surface area (Å²) in [4.78, 5) is 0.296. The average Bonchev–Trinajstić information content (AvgIpc) is 3.02. The molecule has 24 heavy (non-hydrogen) atoms. The predicted octanol–water partition coefficient (Wildman–Crippen LogP) is 4.48. The number of rotatable bonds is 8. The summed E-state index contributed by atoms with van der Waals surface area (Å²) in [6.07, 6.45) is -0.179. The first-order chi connectivity index (χ1) is 11.8. The maximum Gasteiger partial charge on any atom is 0.284 e. The van der Waals surface area contributed by atoms with E-state index in [4.69, 9.17) is 21.4 Å². The van der Waals surface area contributed by atoms with Crippen molar-refractivity contribution < 1.29 is 9.15 Å². The Hall–Kier alpha value is -2.25. The molecule has 0 aliphatic heterocycles. The van der Waals surface area contributed by atoms with Crippen LogP contribution < -0.4 is 10.1 Å². The molecule has 0 spiro atoms. The minimum absolute atomic E-state index is 0.179. The average molecular weight is 359 g/mol. The van der Waals surface area contributed by atoms with Crippen molar-refractivity contribution >= 4 is 29.7 Å². The zero-order chi connectivity index (χ0) is 16.6. The van der Waals surface area contributed by atoms with E-state index < -0.39 is 0 Å². The molecule has 1 atom stereocenters. The van der Waals surface area contributed by atoms with E-state index in [-0.39, 0.29) is 6.23 Å². The third kappa shape index (κ3) is 5.14. The zero-order valence-electron chi connectivity index (χ0n) is 12.8. The van der Waals surface area contributed by atoms with Crippen LogP contribution in [0.3, 0.4) is 0 Å². The molecule has 1 heterocycles. The van der Waals surface area contributed by atoms with Gasteiger partial charge in [-0.1, -0.05) is 36.4 Å². The molecule has 124 valence electrons. The number of aromatic amines is 1. The number of nitrogens with one attached hydrogen (secondary N) is 2. The SMILES string of the molecule is S=c1[nH]nc(CSCC(Nc2ccccc2)Oc2ccccc2)o1. The highest BCUT2D eigenvalue weighted by atomic mass is 32.2. The summed E-state index contributed by atoms with van der Waals surface area (Å²) in [5.41, 5.74) is 1.01. The molecule has 3 aromatic rings. The van der Waals surface area contributed by atoms with Crippen molar-refractivity contribution in [2.24, 2.45) is 0 Å². The van der Waals surface area contributed by atoms with E-state index in [9.17, 15) is 0 Å². The first kappa shape index (κ1) is 16.6. The van der Waals surface area contributed by atoms with E-state index in [1.807, 2.05) is 60.7 Å². The molecule has 1 aromatic heterocycles. The van der Waals surface area contributed by atoms with Gasteiger partial charge in [0.25, 0.3) is 4.84 Å². The highest BCUT2D eigenvalue weighted by Gasteiger charge is 2.12. The smallest absolute Gasteiger partial charge is 0.284 e. The third-order valence-electron chi connectivity index (χ3n) is 3.10. The van der Waals surface area contributed by atoms with Crippen molar-refractivity contribution in [1.82, 2.24) is 10.2 Å². The second-order valence-electron chi connectivity index (χ2n) is 4.95. The Bertz CT molecular complexity index is 749. The molecule has 5 nitrogen and oxygen atoms in total. The van der Waals surface area contributed by atoms with Gasteiger partial charge in [-0.3, -0.25) is 0 Å². The standard InChI is InChI=1S/C17H17N3O2S2/c23-17-20-19-16(22-17)12-24-11-15(18-13-7-3-1-4-8-13)21-14-9-5-2-6-10-14/h1-10,15,18H,11-12H2,(H,20,23). The molecule has 0 fully saturated rings. The van der Waals surface area contributed by atoms with Crippen LogP contribution >= 0.6 is 24.0 Å². The van der Waals surface area contributed by atoms with Crippen LogP contribution in [0.1, 0.15) is 5.89 Å².